The van der Waals surface area contributed by atoms with Crippen LogP contribution < -0.4 is 15.6 Å². The predicted octanol–water partition coefficient (Wildman–Crippen LogP) is 1.93. The molecule has 0 aliphatic heterocycles. The van der Waals surface area contributed by atoms with Crippen molar-refractivity contribution in [2.45, 2.75) is 33.9 Å². The van der Waals surface area contributed by atoms with Crippen LogP contribution in [0.5, 0.6) is 5.75 Å². The normalized spacial score (nSPS) is 10.7. The van der Waals surface area contributed by atoms with Crippen LogP contribution in [-0.2, 0) is 13.1 Å². The quantitative estimate of drug-likeness (QED) is 0.589. The summed E-state index contributed by atoms with van der Waals surface area (Å²) in [5.74, 6) is 0.547. The molecule has 0 unspecified atom stereocenters. The Bertz CT molecular complexity index is 1050. The van der Waals surface area contributed by atoms with E-state index in [-0.39, 0.29) is 11.5 Å². The molecule has 29 heavy (non-hydrogen) atoms. The summed E-state index contributed by atoms with van der Waals surface area (Å²) in [5.41, 5.74) is 3.10. The van der Waals surface area contributed by atoms with Gasteiger partial charge in [-0.1, -0.05) is 12.1 Å². The monoisotopic (exact) mass is 395 g/mol. The highest BCUT2D eigenvalue weighted by molar-refractivity contribution is 5.92. The smallest absolute Gasteiger partial charge is 0.269 e. The molecule has 0 radical (unpaired) electrons. The summed E-state index contributed by atoms with van der Waals surface area (Å²) in [6, 6.07) is 10.6. The van der Waals surface area contributed by atoms with Gasteiger partial charge in [0.25, 0.3) is 11.5 Å². The summed E-state index contributed by atoms with van der Waals surface area (Å²) < 4.78 is 8.94. The number of nitrogens with one attached hydrogen (secondary N) is 1. The molecular formula is C21H25N5O3. The van der Waals surface area contributed by atoms with Crippen molar-refractivity contribution in [3.63, 3.8) is 0 Å². The molecule has 1 N–H and O–H groups in total. The summed E-state index contributed by atoms with van der Waals surface area (Å²) in [7, 11) is 0. The van der Waals surface area contributed by atoms with Crippen molar-refractivity contribution in [1.82, 2.24) is 24.9 Å². The first kappa shape index (κ1) is 20.3. The summed E-state index contributed by atoms with van der Waals surface area (Å²) >= 11 is 0. The van der Waals surface area contributed by atoms with Crippen molar-refractivity contribution in [3.8, 4) is 5.75 Å². The topological polar surface area (TPSA) is 91.0 Å². The number of hydrogen-bond acceptors (Lipinski definition) is 5. The summed E-state index contributed by atoms with van der Waals surface area (Å²) in [4.78, 5) is 24.2. The number of aryl methyl sites for hydroxylation is 2. The molecule has 1 amide bonds. The average molecular weight is 395 g/mol. The van der Waals surface area contributed by atoms with Gasteiger partial charge >= 0.3 is 0 Å². The van der Waals surface area contributed by atoms with Gasteiger partial charge in [-0.2, -0.15) is 10.2 Å². The van der Waals surface area contributed by atoms with Gasteiger partial charge in [0.1, 0.15) is 18.1 Å². The first-order valence-corrected chi connectivity index (χ1v) is 9.55. The van der Waals surface area contributed by atoms with Gasteiger partial charge in [0.15, 0.2) is 0 Å². The highest BCUT2D eigenvalue weighted by Gasteiger charge is 2.13. The SMILES string of the molecule is CCn1nc(C)cc1C(=O)NCCOc1cccc(Cn2ncccc2=O)c1C. The van der Waals surface area contributed by atoms with Gasteiger partial charge in [0, 0.05) is 18.8 Å². The van der Waals surface area contributed by atoms with Gasteiger partial charge in [-0.15, -0.1) is 0 Å². The third-order valence-electron chi connectivity index (χ3n) is 4.58. The van der Waals surface area contributed by atoms with E-state index in [1.807, 2.05) is 39.0 Å². The fourth-order valence-electron chi connectivity index (χ4n) is 3.04. The molecule has 0 saturated carbocycles. The molecule has 0 fully saturated rings. The highest BCUT2D eigenvalue weighted by Crippen LogP contribution is 2.21. The summed E-state index contributed by atoms with van der Waals surface area (Å²) in [5, 5.41) is 11.2. The number of hydrogen-bond donors (Lipinski definition) is 1. The lowest BCUT2D eigenvalue weighted by Gasteiger charge is -2.13. The van der Waals surface area contributed by atoms with Crippen LogP contribution in [0, 0.1) is 13.8 Å². The van der Waals surface area contributed by atoms with Crippen molar-refractivity contribution >= 4 is 5.91 Å². The lowest BCUT2D eigenvalue weighted by atomic mass is 10.1. The van der Waals surface area contributed by atoms with Gasteiger partial charge < -0.3 is 10.1 Å². The molecule has 1 aromatic carbocycles. The fourth-order valence-corrected chi connectivity index (χ4v) is 3.04. The van der Waals surface area contributed by atoms with E-state index in [9.17, 15) is 9.59 Å². The molecule has 0 bridgehead atoms. The summed E-state index contributed by atoms with van der Waals surface area (Å²) in [6.45, 7) is 7.47. The molecule has 0 atom stereocenters. The van der Waals surface area contributed by atoms with Gasteiger partial charge in [-0.3, -0.25) is 14.3 Å². The Morgan fingerprint density at radius 1 is 1.17 bits per heavy atom. The number of ether oxygens (including phenoxy) is 1. The minimum Gasteiger partial charge on any atom is -0.491 e. The Hall–Kier alpha value is -3.42. The number of benzene rings is 1. The van der Waals surface area contributed by atoms with Crippen LogP contribution >= 0.6 is 0 Å². The molecule has 0 saturated heterocycles. The van der Waals surface area contributed by atoms with E-state index in [0.717, 1.165) is 22.6 Å². The Labute approximate surface area is 169 Å². The number of aromatic nitrogens is 4. The van der Waals surface area contributed by atoms with E-state index >= 15 is 0 Å². The Balaban J connectivity index is 1.58. The number of carbonyl (C=O) groups excluding carboxylic acids is 1. The molecule has 8 heteroatoms. The molecule has 0 spiro atoms. The lowest BCUT2D eigenvalue weighted by molar-refractivity contribution is 0.0936. The van der Waals surface area contributed by atoms with Crippen LogP contribution in [0.1, 0.15) is 34.2 Å². The Morgan fingerprint density at radius 2 is 2.00 bits per heavy atom. The van der Waals surface area contributed by atoms with Crippen molar-refractivity contribution in [1.29, 1.82) is 0 Å². The lowest BCUT2D eigenvalue weighted by Crippen LogP contribution is -2.30. The van der Waals surface area contributed by atoms with E-state index in [2.05, 4.69) is 15.5 Å². The van der Waals surface area contributed by atoms with Gasteiger partial charge in [0.05, 0.1) is 18.8 Å². The van der Waals surface area contributed by atoms with Crippen molar-refractivity contribution in [2.24, 2.45) is 0 Å². The van der Waals surface area contributed by atoms with Crippen LogP contribution in [0.4, 0.5) is 0 Å². The number of amides is 1. The van der Waals surface area contributed by atoms with E-state index in [1.165, 1.54) is 10.7 Å². The minimum atomic E-state index is -0.170. The van der Waals surface area contributed by atoms with Crippen LogP contribution in [0.25, 0.3) is 0 Å². The average Bonchev–Trinajstić information content (AvgIpc) is 3.10. The first-order valence-electron chi connectivity index (χ1n) is 9.55. The maximum atomic E-state index is 12.3. The Morgan fingerprint density at radius 3 is 2.76 bits per heavy atom. The molecular weight excluding hydrogens is 370 g/mol. The van der Waals surface area contributed by atoms with Crippen molar-refractivity contribution in [3.05, 3.63) is 75.5 Å². The van der Waals surface area contributed by atoms with E-state index < -0.39 is 0 Å². The second-order valence-electron chi connectivity index (χ2n) is 6.65. The maximum absolute atomic E-state index is 12.3. The number of rotatable bonds is 8. The van der Waals surface area contributed by atoms with Crippen LogP contribution in [0.15, 0.2) is 47.4 Å². The molecule has 8 nitrogen and oxygen atoms in total. The molecule has 3 aromatic rings. The zero-order valence-electron chi connectivity index (χ0n) is 16.9. The molecule has 152 valence electrons. The largest absolute Gasteiger partial charge is 0.491 e. The highest BCUT2D eigenvalue weighted by atomic mass is 16.5. The maximum Gasteiger partial charge on any atom is 0.269 e. The van der Waals surface area contributed by atoms with Gasteiger partial charge in [-0.05, 0) is 50.1 Å². The molecule has 2 heterocycles. The standard InChI is InChI=1S/C21H25N5O3/c1-4-25-18(13-15(2)24-25)21(28)22-11-12-29-19-8-5-7-17(16(19)3)14-26-20(27)9-6-10-23-26/h5-10,13H,4,11-12,14H2,1-3H3,(H,22,28). The zero-order chi connectivity index (χ0) is 20.8. The van der Waals surface area contributed by atoms with Crippen LogP contribution in [0.2, 0.25) is 0 Å². The van der Waals surface area contributed by atoms with Crippen LogP contribution in [-0.4, -0.2) is 38.6 Å². The third kappa shape index (κ3) is 4.90. The van der Waals surface area contributed by atoms with E-state index in [1.54, 1.807) is 23.0 Å². The number of carbonyl (C=O) groups is 1. The molecule has 3 rings (SSSR count). The molecule has 2 aromatic heterocycles. The van der Waals surface area contributed by atoms with E-state index in [0.29, 0.717) is 31.9 Å². The van der Waals surface area contributed by atoms with Crippen molar-refractivity contribution in [2.75, 3.05) is 13.2 Å². The zero-order valence-corrected chi connectivity index (χ0v) is 16.9. The second kappa shape index (κ2) is 9.18. The van der Waals surface area contributed by atoms with Crippen molar-refractivity contribution < 1.29 is 9.53 Å². The summed E-state index contributed by atoms with van der Waals surface area (Å²) in [6.07, 6.45) is 1.59. The minimum absolute atomic E-state index is 0.150. The third-order valence-corrected chi connectivity index (χ3v) is 4.58. The first-order chi connectivity index (χ1) is 14.0. The molecule has 0 aliphatic carbocycles. The van der Waals surface area contributed by atoms with Gasteiger partial charge in [-0.25, -0.2) is 4.68 Å². The fraction of sp³-hybridized carbons (Fsp3) is 0.333. The predicted molar refractivity (Wildman–Crippen MR) is 109 cm³/mol. The molecule has 0 aliphatic rings. The second-order valence-corrected chi connectivity index (χ2v) is 6.65. The van der Waals surface area contributed by atoms with E-state index in [4.69, 9.17) is 4.74 Å². The number of nitrogens with zero attached hydrogens (tertiary/aromatic N) is 4. The van der Waals surface area contributed by atoms with Crippen LogP contribution in [0.3, 0.4) is 0 Å². The Kier molecular flexibility index (Phi) is 6.43. The van der Waals surface area contributed by atoms with Gasteiger partial charge in [0.2, 0.25) is 0 Å².